The summed E-state index contributed by atoms with van der Waals surface area (Å²) in [6.45, 7) is 5.63. The van der Waals surface area contributed by atoms with E-state index in [4.69, 9.17) is 4.74 Å². The van der Waals surface area contributed by atoms with Crippen LogP contribution in [0.2, 0.25) is 0 Å². The number of nitrogens with one attached hydrogen (secondary N) is 1. The third kappa shape index (κ3) is 3.11. The molecule has 12 heavy (non-hydrogen) atoms. The van der Waals surface area contributed by atoms with E-state index in [1.807, 2.05) is 7.11 Å². The van der Waals surface area contributed by atoms with Crippen LogP contribution in [0.1, 0.15) is 33.1 Å². The highest BCUT2D eigenvalue weighted by Crippen LogP contribution is 2.21. The monoisotopic (exact) mass is 171 g/mol. The first kappa shape index (κ1) is 10.0. The van der Waals surface area contributed by atoms with Gasteiger partial charge in [-0.15, -0.1) is 0 Å². The summed E-state index contributed by atoms with van der Waals surface area (Å²) in [4.78, 5) is 0. The van der Waals surface area contributed by atoms with Gasteiger partial charge in [0, 0.05) is 13.2 Å². The average molecular weight is 171 g/mol. The Morgan fingerprint density at radius 1 is 1.42 bits per heavy atom. The molecule has 0 aromatic carbocycles. The van der Waals surface area contributed by atoms with Crippen LogP contribution in [-0.2, 0) is 4.74 Å². The summed E-state index contributed by atoms with van der Waals surface area (Å²) in [6.07, 6.45) is 4.22. The predicted molar refractivity (Wildman–Crippen MR) is 51.3 cm³/mol. The first-order valence-electron chi connectivity index (χ1n) is 4.98. The molecule has 0 bridgehead atoms. The summed E-state index contributed by atoms with van der Waals surface area (Å²) in [6, 6.07) is 0.706. The molecule has 0 aromatic rings. The predicted octanol–water partition coefficient (Wildman–Crippen LogP) is 1.80. The van der Waals surface area contributed by atoms with E-state index in [9.17, 15) is 0 Å². The molecular formula is C10H21NO. The van der Waals surface area contributed by atoms with Crippen molar-refractivity contribution in [3.05, 3.63) is 0 Å². The van der Waals surface area contributed by atoms with E-state index in [0.717, 1.165) is 12.5 Å². The summed E-state index contributed by atoms with van der Waals surface area (Å²) in [5.41, 5.74) is 0. The van der Waals surface area contributed by atoms with Crippen LogP contribution in [0.3, 0.4) is 0 Å². The van der Waals surface area contributed by atoms with E-state index < -0.39 is 0 Å². The molecule has 1 aliphatic rings. The largest absolute Gasteiger partial charge is 0.381 e. The number of ether oxygens (including phenoxy) is 1. The Kier molecular flexibility index (Phi) is 4.02. The SMILES string of the molecule is COC1CCC(NCC(C)C)C1. The Bertz CT molecular complexity index is 125. The molecule has 0 saturated heterocycles. The molecule has 0 amide bonds. The lowest BCUT2D eigenvalue weighted by atomic mass is 10.2. The molecule has 0 aromatic heterocycles. The van der Waals surface area contributed by atoms with Gasteiger partial charge in [-0.3, -0.25) is 0 Å². The Labute approximate surface area is 75.7 Å². The highest BCUT2D eigenvalue weighted by Gasteiger charge is 2.23. The standard InChI is InChI=1S/C10H21NO/c1-8(2)7-11-9-4-5-10(6-9)12-3/h8-11H,4-7H2,1-3H3. The van der Waals surface area contributed by atoms with Crippen molar-refractivity contribution in [3.63, 3.8) is 0 Å². The molecule has 0 spiro atoms. The van der Waals surface area contributed by atoms with Crippen molar-refractivity contribution in [2.45, 2.75) is 45.3 Å². The van der Waals surface area contributed by atoms with Gasteiger partial charge in [0.15, 0.2) is 0 Å². The number of hydrogen-bond donors (Lipinski definition) is 1. The zero-order valence-electron chi connectivity index (χ0n) is 8.47. The maximum atomic E-state index is 5.31. The quantitative estimate of drug-likeness (QED) is 0.696. The molecule has 2 nitrogen and oxygen atoms in total. The Balaban J connectivity index is 2.11. The lowest BCUT2D eigenvalue weighted by molar-refractivity contribution is 0.107. The number of hydrogen-bond acceptors (Lipinski definition) is 2. The smallest absolute Gasteiger partial charge is 0.0586 e. The lowest BCUT2D eigenvalue weighted by Gasteiger charge is -2.14. The summed E-state index contributed by atoms with van der Waals surface area (Å²) in [5, 5.41) is 3.57. The maximum absolute atomic E-state index is 5.31. The van der Waals surface area contributed by atoms with Crippen LogP contribution in [0.4, 0.5) is 0 Å². The topological polar surface area (TPSA) is 21.3 Å². The minimum Gasteiger partial charge on any atom is -0.381 e. The van der Waals surface area contributed by atoms with Gasteiger partial charge in [0.1, 0.15) is 0 Å². The van der Waals surface area contributed by atoms with Gasteiger partial charge in [-0.2, -0.15) is 0 Å². The van der Waals surface area contributed by atoms with Crippen molar-refractivity contribution < 1.29 is 4.74 Å². The molecule has 0 radical (unpaired) electrons. The zero-order valence-corrected chi connectivity index (χ0v) is 8.47. The Morgan fingerprint density at radius 3 is 2.67 bits per heavy atom. The summed E-state index contributed by atoms with van der Waals surface area (Å²) < 4.78 is 5.31. The maximum Gasteiger partial charge on any atom is 0.0586 e. The van der Waals surface area contributed by atoms with Gasteiger partial charge in [0.25, 0.3) is 0 Å². The fourth-order valence-corrected chi connectivity index (χ4v) is 1.74. The van der Waals surface area contributed by atoms with Crippen LogP contribution >= 0.6 is 0 Å². The van der Waals surface area contributed by atoms with Crippen molar-refractivity contribution >= 4 is 0 Å². The van der Waals surface area contributed by atoms with Crippen molar-refractivity contribution in [1.82, 2.24) is 5.32 Å². The molecule has 1 rings (SSSR count). The molecular weight excluding hydrogens is 150 g/mol. The first-order valence-corrected chi connectivity index (χ1v) is 4.98. The van der Waals surface area contributed by atoms with Crippen molar-refractivity contribution in [1.29, 1.82) is 0 Å². The fraction of sp³-hybridized carbons (Fsp3) is 1.00. The molecule has 1 N–H and O–H groups in total. The van der Waals surface area contributed by atoms with Crippen LogP contribution in [0.25, 0.3) is 0 Å². The van der Waals surface area contributed by atoms with Gasteiger partial charge >= 0.3 is 0 Å². The molecule has 1 saturated carbocycles. The van der Waals surface area contributed by atoms with E-state index in [1.165, 1.54) is 19.3 Å². The van der Waals surface area contributed by atoms with E-state index >= 15 is 0 Å². The summed E-state index contributed by atoms with van der Waals surface area (Å²) in [5.74, 6) is 0.756. The molecule has 72 valence electrons. The molecule has 2 atom stereocenters. The van der Waals surface area contributed by atoms with Crippen LogP contribution in [0.15, 0.2) is 0 Å². The minimum atomic E-state index is 0.509. The van der Waals surface area contributed by atoms with Gasteiger partial charge in [0.05, 0.1) is 6.10 Å². The van der Waals surface area contributed by atoms with Gasteiger partial charge in [-0.25, -0.2) is 0 Å². The third-order valence-corrected chi connectivity index (χ3v) is 2.53. The molecule has 1 fully saturated rings. The number of rotatable bonds is 4. The number of methoxy groups -OCH3 is 1. The summed E-state index contributed by atoms with van der Waals surface area (Å²) >= 11 is 0. The zero-order chi connectivity index (χ0) is 8.97. The lowest BCUT2D eigenvalue weighted by Crippen LogP contribution is -2.30. The highest BCUT2D eigenvalue weighted by molar-refractivity contribution is 4.81. The second-order valence-corrected chi connectivity index (χ2v) is 4.17. The third-order valence-electron chi connectivity index (χ3n) is 2.53. The van der Waals surface area contributed by atoms with E-state index in [1.54, 1.807) is 0 Å². The van der Waals surface area contributed by atoms with Gasteiger partial charge in [0.2, 0.25) is 0 Å². The second-order valence-electron chi connectivity index (χ2n) is 4.17. The van der Waals surface area contributed by atoms with Crippen LogP contribution in [-0.4, -0.2) is 25.8 Å². The fourth-order valence-electron chi connectivity index (χ4n) is 1.74. The molecule has 2 unspecified atom stereocenters. The van der Waals surface area contributed by atoms with Crippen molar-refractivity contribution in [2.24, 2.45) is 5.92 Å². The minimum absolute atomic E-state index is 0.509. The molecule has 1 aliphatic carbocycles. The summed E-state index contributed by atoms with van der Waals surface area (Å²) in [7, 11) is 1.81. The Hall–Kier alpha value is -0.0800. The normalized spacial score (nSPS) is 30.0. The van der Waals surface area contributed by atoms with E-state index in [-0.39, 0.29) is 0 Å². The van der Waals surface area contributed by atoms with Crippen LogP contribution < -0.4 is 5.32 Å². The molecule has 2 heteroatoms. The first-order chi connectivity index (χ1) is 5.72. The highest BCUT2D eigenvalue weighted by atomic mass is 16.5. The van der Waals surface area contributed by atoms with Gasteiger partial charge < -0.3 is 10.1 Å². The van der Waals surface area contributed by atoms with Crippen molar-refractivity contribution in [3.8, 4) is 0 Å². The van der Waals surface area contributed by atoms with Crippen LogP contribution in [0.5, 0.6) is 0 Å². The molecule has 0 aliphatic heterocycles. The second kappa shape index (κ2) is 4.83. The van der Waals surface area contributed by atoms with Gasteiger partial charge in [-0.05, 0) is 31.7 Å². The Morgan fingerprint density at radius 2 is 2.17 bits per heavy atom. The van der Waals surface area contributed by atoms with E-state index in [0.29, 0.717) is 12.1 Å². The van der Waals surface area contributed by atoms with Gasteiger partial charge in [-0.1, -0.05) is 13.8 Å². The van der Waals surface area contributed by atoms with Crippen LogP contribution in [0, 0.1) is 5.92 Å². The average Bonchev–Trinajstić information content (AvgIpc) is 2.48. The molecule has 0 heterocycles. The van der Waals surface area contributed by atoms with Crippen molar-refractivity contribution in [2.75, 3.05) is 13.7 Å². The van der Waals surface area contributed by atoms with E-state index in [2.05, 4.69) is 19.2 Å².